The summed E-state index contributed by atoms with van der Waals surface area (Å²) >= 11 is 0. The van der Waals surface area contributed by atoms with E-state index in [-0.39, 0.29) is 18.1 Å². The van der Waals surface area contributed by atoms with Crippen molar-refractivity contribution >= 4 is 22.8 Å². The lowest BCUT2D eigenvalue weighted by molar-refractivity contribution is 0.255. The van der Waals surface area contributed by atoms with Gasteiger partial charge in [0, 0.05) is 6.20 Å². The molecule has 2 heterocycles. The summed E-state index contributed by atoms with van der Waals surface area (Å²) in [5, 5.41) is 13.3. The Hall–Kier alpha value is -1.95. The predicted octanol–water partition coefficient (Wildman–Crippen LogP) is 2.74. The Morgan fingerprint density at radius 2 is 2.22 bits per heavy atom. The van der Waals surface area contributed by atoms with Crippen molar-refractivity contribution in [2.24, 2.45) is 5.92 Å². The molecule has 2 aromatic heterocycles. The Morgan fingerprint density at radius 3 is 3.00 bits per heavy atom. The second-order valence-electron chi connectivity index (χ2n) is 6.49. The molecule has 2 aromatic rings. The van der Waals surface area contributed by atoms with E-state index in [9.17, 15) is 5.11 Å². The number of rotatable bonds is 8. The molecule has 1 saturated carbocycles. The average Bonchev–Trinajstić information content (AvgIpc) is 3.25. The Bertz CT molecular complexity index is 677. The van der Waals surface area contributed by atoms with Crippen LogP contribution in [0.2, 0.25) is 0 Å². The number of nitrogens with one attached hydrogen (secondary N) is 1. The first-order valence-electron chi connectivity index (χ1n) is 8.46. The fourth-order valence-corrected chi connectivity index (χ4v) is 3.27. The van der Waals surface area contributed by atoms with Gasteiger partial charge in [0.1, 0.15) is 5.52 Å². The molecule has 6 heteroatoms. The maximum atomic E-state index is 9.87. The van der Waals surface area contributed by atoms with Gasteiger partial charge in [0.15, 0.2) is 5.82 Å². The summed E-state index contributed by atoms with van der Waals surface area (Å²) in [6.07, 6.45) is 8.82. The van der Waals surface area contributed by atoms with Crippen LogP contribution in [0, 0.1) is 5.92 Å². The number of aromatic nitrogens is 3. The lowest BCUT2D eigenvalue weighted by Crippen LogP contribution is -2.29. The van der Waals surface area contributed by atoms with E-state index >= 15 is 0 Å². The molecule has 1 aliphatic rings. The van der Waals surface area contributed by atoms with Crippen molar-refractivity contribution in [3.8, 4) is 0 Å². The summed E-state index contributed by atoms with van der Waals surface area (Å²) < 4.78 is 0. The molecule has 3 rings (SSSR count). The topological polar surface area (TPSA) is 97.0 Å². The maximum absolute atomic E-state index is 9.87. The zero-order chi connectivity index (χ0) is 16.3. The fraction of sp³-hybridized carbons (Fsp3) is 0.588. The van der Waals surface area contributed by atoms with Gasteiger partial charge in [-0.05, 0) is 30.9 Å². The number of unbranched alkanes of at least 4 members (excludes halogenated alkanes) is 3. The van der Waals surface area contributed by atoms with Crippen molar-refractivity contribution in [1.82, 2.24) is 15.0 Å². The molecule has 2 atom stereocenters. The molecule has 0 saturated heterocycles. The summed E-state index contributed by atoms with van der Waals surface area (Å²) in [5.74, 6) is 1.33. The summed E-state index contributed by atoms with van der Waals surface area (Å²) in [5.41, 5.74) is 6.94. The average molecular weight is 315 g/mol. The van der Waals surface area contributed by atoms with E-state index in [2.05, 4.69) is 27.2 Å². The van der Waals surface area contributed by atoms with Crippen molar-refractivity contribution in [1.29, 1.82) is 0 Å². The first kappa shape index (κ1) is 15.9. The maximum Gasteiger partial charge on any atom is 0.222 e. The van der Waals surface area contributed by atoms with Gasteiger partial charge >= 0.3 is 0 Å². The molecule has 1 aliphatic carbocycles. The van der Waals surface area contributed by atoms with Crippen molar-refractivity contribution in [3.63, 3.8) is 0 Å². The Balaban J connectivity index is 1.73. The zero-order valence-corrected chi connectivity index (χ0v) is 13.6. The van der Waals surface area contributed by atoms with Crippen LogP contribution in [-0.4, -0.2) is 32.2 Å². The van der Waals surface area contributed by atoms with Crippen LogP contribution in [0.25, 0.3) is 11.0 Å². The number of aliphatic hydroxyl groups excluding tert-OH is 1. The number of nitrogens with two attached hydrogens (primary N) is 1. The minimum Gasteiger partial charge on any atom is -0.394 e. The highest BCUT2D eigenvalue weighted by Crippen LogP contribution is 2.49. The Kier molecular flexibility index (Phi) is 4.61. The van der Waals surface area contributed by atoms with Crippen LogP contribution in [0.1, 0.15) is 45.4 Å². The van der Waals surface area contributed by atoms with Gasteiger partial charge in [0.05, 0.1) is 17.7 Å². The van der Waals surface area contributed by atoms with Gasteiger partial charge in [-0.2, -0.15) is 4.98 Å². The molecule has 0 aromatic carbocycles. The van der Waals surface area contributed by atoms with Crippen molar-refractivity contribution < 1.29 is 5.11 Å². The van der Waals surface area contributed by atoms with E-state index in [1.54, 1.807) is 6.20 Å². The standard InChI is InChI=1S/C17H25N5O/c1-2-3-4-5-7-12-10-17(12,11-23)22-15-14-13(8-6-9-19-14)20-16(18)21-15/h6,8-9,12,23H,2-5,7,10-11H2,1H3,(H3,18,20,21,22)/t12-,17+/m1/s1. The molecule has 6 nitrogen and oxygen atoms in total. The Morgan fingerprint density at radius 1 is 1.35 bits per heavy atom. The number of aliphatic hydroxyl groups is 1. The summed E-state index contributed by atoms with van der Waals surface area (Å²) in [4.78, 5) is 12.9. The normalized spacial score (nSPS) is 23.1. The van der Waals surface area contributed by atoms with Crippen molar-refractivity contribution in [2.45, 2.75) is 51.0 Å². The van der Waals surface area contributed by atoms with Crippen LogP contribution in [0.4, 0.5) is 11.8 Å². The third-order valence-electron chi connectivity index (χ3n) is 4.76. The number of hydrogen-bond donors (Lipinski definition) is 3. The molecule has 23 heavy (non-hydrogen) atoms. The number of nitrogen functional groups attached to an aromatic ring is 1. The third kappa shape index (κ3) is 3.37. The van der Waals surface area contributed by atoms with Gasteiger partial charge in [-0.1, -0.05) is 32.6 Å². The van der Waals surface area contributed by atoms with Gasteiger partial charge < -0.3 is 16.2 Å². The van der Waals surface area contributed by atoms with E-state index in [4.69, 9.17) is 5.73 Å². The van der Waals surface area contributed by atoms with Crippen LogP contribution in [0.15, 0.2) is 18.3 Å². The molecule has 0 spiro atoms. The highest BCUT2D eigenvalue weighted by molar-refractivity contribution is 5.86. The van der Waals surface area contributed by atoms with E-state index in [0.29, 0.717) is 17.3 Å². The molecule has 0 bridgehead atoms. The monoisotopic (exact) mass is 315 g/mol. The number of fused-ring (bicyclic) bond motifs is 1. The first-order chi connectivity index (χ1) is 11.2. The first-order valence-corrected chi connectivity index (χ1v) is 8.46. The zero-order valence-electron chi connectivity index (χ0n) is 13.6. The third-order valence-corrected chi connectivity index (χ3v) is 4.76. The lowest BCUT2D eigenvalue weighted by atomic mass is 10.1. The van der Waals surface area contributed by atoms with Gasteiger partial charge in [-0.3, -0.25) is 4.98 Å². The van der Waals surface area contributed by atoms with Gasteiger partial charge in [0.25, 0.3) is 0 Å². The van der Waals surface area contributed by atoms with E-state index in [1.807, 2.05) is 12.1 Å². The molecule has 0 amide bonds. The van der Waals surface area contributed by atoms with Crippen LogP contribution >= 0.6 is 0 Å². The molecule has 1 fully saturated rings. The van der Waals surface area contributed by atoms with Crippen LogP contribution in [0.5, 0.6) is 0 Å². The van der Waals surface area contributed by atoms with E-state index in [1.165, 1.54) is 25.7 Å². The molecular weight excluding hydrogens is 290 g/mol. The minimum absolute atomic E-state index is 0.101. The minimum atomic E-state index is -0.280. The smallest absolute Gasteiger partial charge is 0.222 e. The fourth-order valence-electron chi connectivity index (χ4n) is 3.27. The number of nitrogens with zero attached hydrogens (tertiary/aromatic N) is 3. The van der Waals surface area contributed by atoms with Gasteiger partial charge in [-0.15, -0.1) is 0 Å². The highest BCUT2D eigenvalue weighted by atomic mass is 16.3. The van der Waals surface area contributed by atoms with Crippen molar-refractivity contribution in [2.75, 3.05) is 17.7 Å². The Labute approximate surface area is 136 Å². The SMILES string of the molecule is CCCCCC[C@@H]1C[C@@]1(CO)Nc1nc(N)nc2cccnc12. The largest absolute Gasteiger partial charge is 0.394 e. The van der Waals surface area contributed by atoms with Gasteiger partial charge in [0.2, 0.25) is 5.95 Å². The highest BCUT2D eigenvalue weighted by Gasteiger charge is 2.53. The summed E-state index contributed by atoms with van der Waals surface area (Å²) in [6, 6.07) is 3.69. The number of hydrogen-bond acceptors (Lipinski definition) is 6. The van der Waals surface area contributed by atoms with Crippen LogP contribution < -0.4 is 11.1 Å². The van der Waals surface area contributed by atoms with Crippen molar-refractivity contribution in [3.05, 3.63) is 18.3 Å². The van der Waals surface area contributed by atoms with E-state index < -0.39 is 0 Å². The second-order valence-corrected chi connectivity index (χ2v) is 6.49. The predicted molar refractivity (Wildman–Crippen MR) is 92.1 cm³/mol. The number of anilines is 2. The molecule has 0 aliphatic heterocycles. The number of pyridine rings is 1. The molecule has 124 valence electrons. The van der Waals surface area contributed by atoms with E-state index in [0.717, 1.165) is 18.4 Å². The van der Waals surface area contributed by atoms with Crippen LogP contribution in [-0.2, 0) is 0 Å². The quantitative estimate of drug-likeness (QED) is 0.648. The second kappa shape index (κ2) is 6.66. The summed E-state index contributed by atoms with van der Waals surface area (Å²) in [7, 11) is 0. The molecule has 4 N–H and O–H groups in total. The molecular formula is C17H25N5O. The lowest BCUT2D eigenvalue weighted by Gasteiger charge is -2.18. The summed E-state index contributed by atoms with van der Waals surface area (Å²) in [6.45, 7) is 2.32. The molecule has 0 radical (unpaired) electrons. The van der Waals surface area contributed by atoms with Crippen LogP contribution in [0.3, 0.4) is 0 Å². The molecule has 0 unspecified atom stereocenters. The van der Waals surface area contributed by atoms with Gasteiger partial charge in [-0.25, -0.2) is 4.98 Å².